The first kappa shape index (κ1) is 19.9. The van der Waals surface area contributed by atoms with Crippen molar-refractivity contribution in [1.82, 2.24) is 5.32 Å². The lowest BCUT2D eigenvalue weighted by atomic mass is 9.95. The Hall–Kier alpha value is -1.14. The van der Waals surface area contributed by atoms with Gasteiger partial charge in [-0.2, -0.15) is 0 Å². The third kappa shape index (κ3) is 7.43. The lowest BCUT2D eigenvalue weighted by Gasteiger charge is -2.19. The van der Waals surface area contributed by atoms with E-state index in [1.54, 1.807) is 7.11 Å². The Labute approximate surface area is 132 Å². The predicted molar refractivity (Wildman–Crippen MR) is 85.5 cm³/mol. The molecule has 2 atom stereocenters. The van der Waals surface area contributed by atoms with Crippen molar-refractivity contribution >= 4 is 18.3 Å². The molecular formula is C15H25ClN2O3. The fourth-order valence-corrected chi connectivity index (χ4v) is 1.78. The molecule has 0 spiro atoms. The molecule has 1 rings (SSSR count). The summed E-state index contributed by atoms with van der Waals surface area (Å²) in [5.41, 5.74) is 7.07. The Balaban J connectivity index is 0.00000400. The van der Waals surface area contributed by atoms with E-state index in [2.05, 4.69) is 5.32 Å². The van der Waals surface area contributed by atoms with E-state index in [1.807, 2.05) is 37.3 Å². The highest BCUT2D eigenvalue weighted by Crippen LogP contribution is 2.18. The standard InChI is InChI=1S/C15H24N2O3.ClH/c1-12(14(16)13-6-4-3-5-7-13)15(18)17-8-9-20-11-10-19-2;/h3-7,12,14H,8-11,16H2,1-2H3,(H,17,18);1H. The number of hydrogen-bond acceptors (Lipinski definition) is 4. The van der Waals surface area contributed by atoms with Crippen LogP contribution >= 0.6 is 12.4 Å². The van der Waals surface area contributed by atoms with E-state index < -0.39 is 0 Å². The van der Waals surface area contributed by atoms with Crippen molar-refractivity contribution in [2.24, 2.45) is 11.7 Å². The van der Waals surface area contributed by atoms with Gasteiger partial charge in [0.1, 0.15) is 0 Å². The number of hydrogen-bond donors (Lipinski definition) is 2. The molecule has 5 nitrogen and oxygen atoms in total. The summed E-state index contributed by atoms with van der Waals surface area (Å²) in [6.45, 7) is 3.88. The smallest absolute Gasteiger partial charge is 0.224 e. The van der Waals surface area contributed by atoms with Gasteiger partial charge in [0.15, 0.2) is 0 Å². The molecule has 0 fully saturated rings. The summed E-state index contributed by atoms with van der Waals surface area (Å²) in [6.07, 6.45) is 0. The van der Waals surface area contributed by atoms with Gasteiger partial charge in [-0.15, -0.1) is 12.4 Å². The third-order valence-electron chi connectivity index (χ3n) is 3.11. The Kier molecular flexibility index (Phi) is 10.9. The molecule has 0 radical (unpaired) electrons. The SMILES string of the molecule is COCCOCCNC(=O)C(C)C(N)c1ccccc1.Cl. The number of nitrogens with two attached hydrogens (primary N) is 1. The number of nitrogens with one attached hydrogen (secondary N) is 1. The van der Waals surface area contributed by atoms with Crippen molar-refractivity contribution in [1.29, 1.82) is 0 Å². The molecule has 3 N–H and O–H groups in total. The maximum atomic E-state index is 12.0. The summed E-state index contributed by atoms with van der Waals surface area (Å²) >= 11 is 0. The van der Waals surface area contributed by atoms with Crippen molar-refractivity contribution in [3.8, 4) is 0 Å². The molecule has 6 heteroatoms. The summed E-state index contributed by atoms with van der Waals surface area (Å²) in [5, 5.41) is 2.83. The summed E-state index contributed by atoms with van der Waals surface area (Å²) in [4.78, 5) is 12.0. The number of carbonyl (C=O) groups excluding carboxylic acids is 1. The quantitative estimate of drug-likeness (QED) is 0.678. The van der Waals surface area contributed by atoms with Gasteiger partial charge < -0.3 is 20.5 Å². The van der Waals surface area contributed by atoms with Crippen molar-refractivity contribution in [3.05, 3.63) is 35.9 Å². The second-order valence-electron chi connectivity index (χ2n) is 4.62. The van der Waals surface area contributed by atoms with Gasteiger partial charge in [-0.1, -0.05) is 37.3 Å². The van der Waals surface area contributed by atoms with Crippen LogP contribution in [0.1, 0.15) is 18.5 Å². The second kappa shape index (κ2) is 11.5. The highest BCUT2D eigenvalue weighted by Gasteiger charge is 2.21. The Morgan fingerprint density at radius 1 is 1.24 bits per heavy atom. The van der Waals surface area contributed by atoms with E-state index in [9.17, 15) is 4.79 Å². The molecule has 2 unspecified atom stereocenters. The van der Waals surface area contributed by atoms with Crippen LogP contribution < -0.4 is 11.1 Å². The van der Waals surface area contributed by atoms with E-state index in [0.29, 0.717) is 26.4 Å². The summed E-state index contributed by atoms with van der Waals surface area (Å²) in [7, 11) is 1.62. The highest BCUT2D eigenvalue weighted by molar-refractivity contribution is 5.85. The van der Waals surface area contributed by atoms with E-state index >= 15 is 0 Å². The molecule has 0 bridgehead atoms. The maximum absolute atomic E-state index is 12.0. The average Bonchev–Trinajstić information content (AvgIpc) is 2.50. The van der Waals surface area contributed by atoms with Crippen LogP contribution in [0.15, 0.2) is 30.3 Å². The predicted octanol–water partition coefficient (Wildman–Crippen LogP) is 1.52. The summed E-state index contributed by atoms with van der Waals surface area (Å²) < 4.78 is 10.1. The van der Waals surface area contributed by atoms with Gasteiger partial charge in [-0.05, 0) is 5.56 Å². The van der Waals surface area contributed by atoms with Gasteiger partial charge in [0.2, 0.25) is 5.91 Å². The Morgan fingerprint density at radius 3 is 2.52 bits per heavy atom. The van der Waals surface area contributed by atoms with Crippen molar-refractivity contribution < 1.29 is 14.3 Å². The molecule has 1 aromatic carbocycles. The fraction of sp³-hybridized carbons (Fsp3) is 0.533. The van der Waals surface area contributed by atoms with Crippen LogP contribution in [0.5, 0.6) is 0 Å². The third-order valence-corrected chi connectivity index (χ3v) is 3.11. The number of methoxy groups -OCH3 is 1. The zero-order valence-corrected chi connectivity index (χ0v) is 13.4. The zero-order valence-electron chi connectivity index (χ0n) is 12.6. The maximum Gasteiger partial charge on any atom is 0.224 e. The van der Waals surface area contributed by atoms with Crippen LogP contribution in [-0.4, -0.2) is 39.4 Å². The van der Waals surface area contributed by atoms with Crippen molar-refractivity contribution in [2.45, 2.75) is 13.0 Å². The molecule has 0 saturated carbocycles. The van der Waals surface area contributed by atoms with Crippen LogP contribution in [0, 0.1) is 5.92 Å². The minimum absolute atomic E-state index is 0. The number of ether oxygens (including phenoxy) is 2. The van der Waals surface area contributed by atoms with Gasteiger partial charge in [0, 0.05) is 19.7 Å². The van der Waals surface area contributed by atoms with Crippen LogP contribution in [0.4, 0.5) is 0 Å². The molecule has 0 aromatic heterocycles. The van der Waals surface area contributed by atoms with E-state index in [-0.39, 0.29) is 30.3 Å². The molecule has 0 heterocycles. The van der Waals surface area contributed by atoms with Crippen LogP contribution in [-0.2, 0) is 14.3 Å². The van der Waals surface area contributed by atoms with Gasteiger partial charge >= 0.3 is 0 Å². The molecule has 0 aliphatic heterocycles. The first-order valence-electron chi connectivity index (χ1n) is 6.81. The topological polar surface area (TPSA) is 73.6 Å². The molecular weight excluding hydrogens is 292 g/mol. The minimum atomic E-state index is -0.300. The largest absolute Gasteiger partial charge is 0.382 e. The molecule has 0 saturated heterocycles. The fourth-order valence-electron chi connectivity index (χ4n) is 1.78. The Morgan fingerprint density at radius 2 is 1.90 bits per heavy atom. The monoisotopic (exact) mass is 316 g/mol. The normalized spacial score (nSPS) is 13.1. The van der Waals surface area contributed by atoms with E-state index in [4.69, 9.17) is 15.2 Å². The molecule has 120 valence electrons. The van der Waals surface area contributed by atoms with Gasteiger partial charge in [-0.25, -0.2) is 0 Å². The minimum Gasteiger partial charge on any atom is -0.382 e. The van der Waals surface area contributed by atoms with E-state index in [1.165, 1.54) is 0 Å². The highest BCUT2D eigenvalue weighted by atomic mass is 35.5. The van der Waals surface area contributed by atoms with Crippen LogP contribution in [0.25, 0.3) is 0 Å². The first-order chi connectivity index (χ1) is 9.66. The van der Waals surface area contributed by atoms with E-state index in [0.717, 1.165) is 5.56 Å². The molecule has 1 aromatic rings. The number of amides is 1. The van der Waals surface area contributed by atoms with Gasteiger partial charge in [0.05, 0.1) is 25.7 Å². The number of benzene rings is 1. The molecule has 0 aliphatic carbocycles. The van der Waals surface area contributed by atoms with Crippen molar-refractivity contribution in [2.75, 3.05) is 33.5 Å². The summed E-state index contributed by atoms with van der Waals surface area (Å²) in [6, 6.07) is 9.33. The number of carbonyl (C=O) groups is 1. The molecule has 1 amide bonds. The lowest BCUT2D eigenvalue weighted by Crippen LogP contribution is -2.37. The van der Waals surface area contributed by atoms with Crippen LogP contribution in [0.3, 0.4) is 0 Å². The molecule has 0 aliphatic rings. The number of halogens is 1. The van der Waals surface area contributed by atoms with Gasteiger partial charge in [0.25, 0.3) is 0 Å². The lowest BCUT2D eigenvalue weighted by molar-refractivity contribution is -0.125. The molecule has 21 heavy (non-hydrogen) atoms. The van der Waals surface area contributed by atoms with Crippen molar-refractivity contribution in [3.63, 3.8) is 0 Å². The zero-order chi connectivity index (χ0) is 14.8. The van der Waals surface area contributed by atoms with Gasteiger partial charge in [-0.3, -0.25) is 4.79 Å². The average molecular weight is 317 g/mol. The Bertz CT molecular complexity index is 390. The first-order valence-corrected chi connectivity index (χ1v) is 6.81. The second-order valence-corrected chi connectivity index (χ2v) is 4.62. The van der Waals surface area contributed by atoms with Crippen LogP contribution in [0.2, 0.25) is 0 Å². The number of rotatable bonds is 9. The summed E-state index contributed by atoms with van der Waals surface area (Å²) in [5.74, 6) is -0.340.